The molecule has 1 aromatic rings. The predicted octanol–water partition coefficient (Wildman–Crippen LogP) is 1.60. The van der Waals surface area contributed by atoms with Crippen LogP contribution in [0.1, 0.15) is 17.7 Å². The van der Waals surface area contributed by atoms with Crippen molar-refractivity contribution in [3.8, 4) is 0 Å². The van der Waals surface area contributed by atoms with Crippen LogP contribution in [0.3, 0.4) is 0 Å². The fourth-order valence-corrected chi connectivity index (χ4v) is 2.27. The maximum atomic E-state index is 6.22. The molecule has 5 heteroatoms. The Balaban J connectivity index is 2.07. The van der Waals surface area contributed by atoms with Gasteiger partial charge in [-0.1, -0.05) is 11.6 Å². The highest BCUT2D eigenvalue weighted by Gasteiger charge is 2.16. The van der Waals surface area contributed by atoms with Gasteiger partial charge in [-0.2, -0.15) is 5.10 Å². The van der Waals surface area contributed by atoms with E-state index in [9.17, 15) is 0 Å². The molecular formula is C11H18ClN3O. The minimum atomic E-state index is 0.752. The lowest BCUT2D eigenvalue weighted by molar-refractivity contribution is 0.140. The average Bonchev–Trinajstić information content (AvgIpc) is 2.51. The van der Waals surface area contributed by atoms with Gasteiger partial charge in [-0.3, -0.25) is 9.58 Å². The van der Waals surface area contributed by atoms with Crippen molar-refractivity contribution in [1.82, 2.24) is 14.7 Å². The third-order valence-electron chi connectivity index (χ3n) is 2.97. The molecule has 1 aliphatic rings. The molecule has 0 radical (unpaired) electrons. The van der Waals surface area contributed by atoms with E-state index >= 15 is 0 Å². The van der Waals surface area contributed by atoms with E-state index in [1.54, 1.807) is 4.68 Å². The molecule has 2 rings (SSSR count). The molecule has 1 fully saturated rings. The first kappa shape index (κ1) is 11.9. The Hall–Kier alpha value is -0.580. The summed E-state index contributed by atoms with van der Waals surface area (Å²) in [7, 11) is 1.88. The summed E-state index contributed by atoms with van der Waals surface area (Å²) in [5.41, 5.74) is 2.17. The molecule has 0 saturated carbocycles. The lowest BCUT2D eigenvalue weighted by Gasteiger charge is -2.18. The molecule has 0 atom stereocenters. The second-order valence-electron chi connectivity index (χ2n) is 4.22. The fraction of sp³-hybridized carbons (Fsp3) is 0.727. The van der Waals surface area contributed by atoms with Gasteiger partial charge >= 0.3 is 0 Å². The molecule has 1 saturated heterocycles. The van der Waals surface area contributed by atoms with E-state index in [0.717, 1.165) is 55.7 Å². The Morgan fingerprint density at radius 2 is 2.19 bits per heavy atom. The smallest absolute Gasteiger partial charge is 0.131 e. The summed E-state index contributed by atoms with van der Waals surface area (Å²) in [6.07, 6.45) is 1.09. The molecule has 0 spiro atoms. The van der Waals surface area contributed by atoms with Crippen LogP contribution in [0.25, 0.3) is 0 Å². The number of hydrogen-bond acceptors (Lipinski definition) is 3. The number of hydrogen-bond donors (Lipinski definition) is 0. The molecule has 2 heterocycles. The Morgan fingerprint density at radius 3 is 2.88 bits per heavy atom. The van der Waals surface area contributed by atoms with Gasteiger partial charge in [0, 0.05) is 38.9 Å². The van der Waals surface area contributed by atoms with Gasteiger partial charge in [0.15, 0.2) is 0 Å². The number of ether oxygens (including phenoxy) is 1. The Kier molecular flexibility index (Phi) is 3.84. The van der Waals surface area contributed by atoms with Crippen LogP contribution < -0.4 is 0 Å². The molecule has 90 valence electrons. The maximum Gasteiger partial charge on any atom is 0.131 e. The van der Waals surface area contributed by atoms with Gasteiger partial charge in [0.25, 0.3) is 0 Å². The first-order valence-corrected chi connectivity index (χ1v) is 6.04. The van der Waals surface area contributed by atoms with E-state index < -0.39 is 0 Å². The Bertz CT molecular complexity index is 356. The van der Waals surface area contributed by atoms with Crippen molar-refractivity contribution in [2.24, 2.45) is 7.05 Å². The van der Waals surface area contributed by atoms with Gasteiger partial charge in [-0.15, -0.1) is 0 Å². The average molecular weight is 244 g/mol. The summed E-state index contributed by atoms with van der Waals surface area (Å²) >= 11 is 6.22. The molecule has 0 bridgehead atoms. The molecule has 0 amide bonds. The molecule has 16 heavy (non-hydrogen) atoms. The second kappa shape index (κ2) is 5.17. The number of aryl methyl sites for hydroxylation is 2. The third kappa shape index (κ3) is 2.56. The van der Waals surface area contributed by atoms with Crippen LogP contribution in [0.4, 0.5) is 0 Å². The zero-order chi connectivity index (χ0) is 11.5. The van der Waals surface area contributed by atoms with Crippen molar-refractivity contribution >= 4 is 11.6 Å². The Labute approximate surface area is 101 Å². The van der Waals surface area contributed by atoms with Crippen molar-refractivity contribution < 1.29 is 4.74 Å². The van der Waals surface area contributed by atoms with Crippen LogP contribution >= 0.6 is 11.6 Å². The van der Waals surface area contributed by atoms with E-state index in [-0.39, 0.29) is 0 Å². The maximum absolute atomic E-state index is 6.22. The Morgan fingerprint density at radius 1 is 1.38 bits per heavy atom. The molecule has 4 nitrogen and oxygen atoms in total. The van der Waals surface area contributed by atoms with Crippen molar-refractivity contribution in [2.45, 2.75) is 19.9 Å². The number of nitrogens with zero attached hydrogens (tertiary/aromatic N) is 3. The second-order valence-corrected chi connectivity index (χ2v) is 4.58. The monoisotopic (exact) mass is 243 g/mol. The summed E-state index contributed by atoms with van der Waals surface area (Å²) in [4.78, 5) is 2.38. The molecule has 0 N–H and O–H groups in total. The van der Waals surface area contributed by atoms with Crippen LogP contribution in [0.2, 0.25) is 5.15 Å². The molecule has 0 aromatic carbocycles. The summed E-state index contributed by atoms with van der Waals surface area (Å²) < 4.78 is 7.17. The minimum absolute atomic E-state index is 0.752. The van der Waals surface area contributed by atoms with Crippen molar-refractivity contribution in [2.75, 3.05) is 26.3 Å². The van der Waals surface area contributed by atoms with Gasteiger partial charge in [-0.05, 0) is 13.3 Å². The quantitative estimate of drug-likeness (QED) is 0.791. The first-order chi connectivity index (χ1) is 7.68. The normalized spacial score (nSPS) is 18.7. The van der Waals surface area contributed by atoms with E-state index in [1.807, 2.05) is 14.0 Å². The van der Waals surface area contributed by atoms with Crippen LogP contribution in [0.5, 0.6) is 0 Å². The summed E-state index contributed by atoms with van der Waals surface area (Å²) in [5.74, 6) is 0. The van der Waals surface area contributed by atoms with Gasteiger partial charge < -0.3 is 4.74 Å². The molecule has 0 aliphatic carbocycles. The SMILES string of the molecule is Cc1nn(C)c(Cl)c1CN1CCCOCC1. The lowest BCUT2D eigenvalue weighted by atomic mass is 10.2. The highest BCUT2D eigenvalue weighted by Crippen LogP contribution is 2.20. The third-order valence-corrected chi connectivity index (χ3v) is 3.44. The topological polar surface area (TPSA) is 30.3 Å². The summed E-state index contributed by atoms with van der Waals surface area (Å²) in [6.45, 7) is 6.62. The van der Waals surface area contributed by atoms with Gasteiger partial charge in [-0.25, -0.2) is 0 Å². The standard InChI is InChI=1S/C11H18ClN3O/c1-9-10(11(12)14(2)13-9)8-15-4-3-6-16-7-5-15/h3-8H2,1-2H3. The molecular weight excluding hydrogens is 226 g/mol. The fourth-order valence-electron chi connectivity index (χ4n) is 2.03. The lowest BCUT2D eigenvalue weighted by Crippen LogP contribution is -2.26. The zero-order valence-corrected chi connectivity index (χ0v) is 10.6. The summed E-state index contributed by atoms with van der Waals surface area (Å²) in [6, 6.07) is 0. The number of rotatable bonds is 2. The van der Waals surface area contributed by atoms with Gasteiger partial charge in [0.05, 0.1) is 12.3 Å². The first-order valence-electron chi connectivity index (χ1n) is 5.66. The van der Waals surface area contributed by atoms with Crippen LogP contribution in [0.15, 0.2) is 0 Å². The van der Waals surface area contributed by atoms with Crippen molar-refractivity contribution in [1.29, 1.82) is 0 Å². The van der Waals surface area contributed by atoms with Gasteiger partial charge in [0.2, 0.25) is 0 Å². The van der Waals surface area contributed by atoms with E-state index in [0.29, 0.717) is 0 Å². The number of aromatic nitrogens is 2. The van der Waals surface area contributed by atoms with Crippen LogP contribution in [-0.4, -0.2) is 41.0 Å². The zero-order valence-electron chi connectivity index (χ0n) is 9.87. The molecule has 1 aromatic heterocycles. The van der Waals surface area contributed by atoms with Gasteiger partial charge in [0.1, 0.15) is 5.15 Å². The van der Waals surface area contributed by atoms with Crippen molar-refractivity contribution in [3.05, 3.63) is 16.4 Å². The van der Waals surface area contributed by atoms with E-state index in [4.69, 9.17) is 16.3 Å². The van der Waals surface area contributed by atoms with E-state index in [2.05, 4.69) is 10.00 Å². The van der Waals surface area contributed by atoms with Crippen LogP contribution in [-0.2, 0) is 18.3 Å². The highest BCUT2D eigenvalue weighted by atomic mass is 35.5. The van der Waals surface area contributed by atoms with Crippen LogP contribution in [0, 0.1) is 6.92 Å². The van der Waals surface area contributed by atoms with E-state index in [1.165, 1.54) is 0 Å². The largest absolute Gasteiger partial charge is 0.380 e. The predicted molar refractivity (Wildman–Crippen MR) is 63.7 cm³/mol. The number of halogens is 1. The molecule has 1 aliphatic heterocycles. The minimum Gasteiger partial charge on any atom is -0.380 e. The highest BCUT2D eigenvalue weighted by molar-refractivity contribution is 6.30. The summed E-state index contributed by atoms with van der Waals surface area (Å²) in [5, 5.41) is 5.08. The molecule has 0 unspecified atom stereocenters. The van der Waals surface area contributed by atoms with Crippen molar-refractivity contribution in [3.63, 3.8) is 0 Å².